The number of rotatable bonds is 0. The molecule has 2 atom stereocenters. The highest BCUT2D eigenvalue weighted by Gasteiger charge is 2.24. The zero-order chi connectivity index (χ0) is 7.68. The van der Waals surface area contributed by atoms with Gasteiger partial charge in [0.25, 0.3) is 0 Å². The first-order valence-electron chi connectivity index (χ1n) is 4.52. The van der Waals surface area contributed by atoms with E-state index in [4.69, 9.17) is 0 Å². The van der Waals surface area contributed by atoms with Gasteiger partial charge in [-0.25, -0.2) is 0 Å². The van der Waals surface area contributed by atoms with Crippen molar-refractivity contribution in [2.24, 2.45) is 0 Å². The fourth-order valence-corrected chi connectivity index (χ4v) is 2.11. The maximum atomic E-state index is 3.96. The van der Waals surface area contributed by atoms with Crippen LogP contribution in [0.4, 0.5) is 0 Å². The van der Waals surface area contributed by atoms with Crippen LogP contribution in [0.5, 0.6) is 0 Å². The number of fused-ring (bicyclic) bond motifs is 2. The standard InChI is InChI=1S/C9H16N2/c1-7-6-10-8-3-2-4-9(5-8)11-7/h8-11H,1-6H2. The third-order valence-electron chi connectivity index (χ3n) is 2.69. The van der Waals surface area contributed by atoms with Gasteiger partial charge < -0.3 is 10.6 Å². The lowest BCUT2D eigenvalue weighted by Gasteiger charge is -2.26. The van der Waals surface area contributed by atoms with Gasteiger partial charge >= 0.3 is 0 Å². The van der Waals surface area contributed by atoms with E-state index < -0.39 is 0 Å². The van der Waals surface area contributed by atoms with Gasteiger partial charge in [0.05, 0.1) is 0 Å². The number of hydrogen-bond acceptors (Lipinski definition) is 2. The monoisotopic (exact) mass is 152 g/mol. The van der Waals surface area contributed by atoms with E-state index in [1.54, 1.807) is 0 Å². The van der Waals surface area contributed by atoms with Crippen molar-refractivity contribution in [3.63, 3.8) is 0 Å². The number of nitrogens with one attached hydrogen (secondary N) is 2. The molecule has 1 saturated carbocycles. The van der Waals surface area contributed by atoms with Gasteiger partial charge in [0.1, 0.15) is 0 Å². The zero-order valence-corrected chi connectivity index (χ0v) is 6.90. The molecule has 2 aliphatic rings. The van der Waals surface area contributed by atoms with Crippen LogP contribution in [-0.4, -0.2) is 18.6 Å². The average molecular weight is 152 g/mol. The summed E-state index contributed by atoms with van der Waals surface area (Å²) in [6.45, 7) is 4.92. The van der Waals surface area contributed by atoms with Crippen molar-refractivity contribution in [1.29, 1.82) is 0 Å². The Morgan fingerprint density at radius 2 is 2.09 bits per heavy atom. The van der Waals surface area contributed by atoms with Gasteiger partial charge in [-0.1, -0.05) is 6.58 Å². The summed E-state index contributed by atoms with van der Waals surface area (Å²) in [7, 11) is 0. The molecule has 0 aromatic carbocycles. The van der Waals surface area contributed by atoms with Crippen molar-refractivity contribution in [2.45, 2.75) is 37.8 Å². The molecule has 0 radical (unpaired) electrons. The van der Waals surface area contributed by atoms with Gasteiger partial charge in [0.2, 0.25) is 0 Å². The van der Waals surface area contributed by atoms with Crippen LogP contribution in [0.15, 0.2) is 12.3 Å². The first-order valence-corrected chi connectivity index (χ1v) is 4.52. The average Bonchev–Trinajstić information content (AvgIpc) is 2.12. The Morgan fingerprint density at radius 3 is 3.00 bits per heavy atom. The highest BCUT2D eigenvalue weighted by atomic mass is 15.0. The summed E-state index contributed by atoms with van der Waals surface area (Å²) < 4.78 is 0. The molecule has 2 unspecified atom stereocenters. The fraction of sp³-hybridized carbons (Fsp3) is 0.778. The molecule has 62 valence electrons. The third kappa shape index (κ3) is 1.56. The summed E-state index contributed by atoms with van der Waals surface area (Å²) in [4.78, 5) is 0. The van der Waals surface area contributed by atoms with Gasteiger partial charge in [-0.05, 0) is 25.7 Å². The summed E-state index contributed by atoms with van der Waals surface area (Å²) in [6.07, 6.45) is 5.34. The van der Waals surface area contributed by atoms with Gasteiger partial charge in [-0.15, -0.1) is 0 Å². The highest BCUT2D eigenvalue weighted by Crippen LogP contribution is 2.21. The molecular formula is C9H16N2. The first kappa shape index (κ1) is 7.17. The minimum absolute atomic E-state index is 0.705. The minimum Gasteiger partial charge on any atom is -0.385 e. The predicted molar refractivity (Wildman–Crippen MR) is 46.3 cm³/mol. The topological polar surface area (TPSA) is 24.1 Å². The van der Waals surface area contributed by atoms with Crippen molar-refractivity contribution in [3.05, 3.63) is 12.3 Å². The Kier molecular flexibility index (Phi) is 1.86. The lowest BCUT2D eigenvalue weighted by Crippen LogP contribution is -2.35. The lowest BCUT2D eigenvalue weighted by atomic mass is 9.92. The van der Waals surface area contributed by atoms with E-state index >= 15 is 0 Å². The molecule has 0 aromatic rings. The van der Waals surface area contributed by atoms with Crippen molar-refractivity contribution in [2.75, 3.05) is 6.54 Å². The van der Waals surface area contributed by atoms with Gasteiger partial charge in [-0.2, -0.15) is 0 Å². The second-order valence-corrected chi connectivity index (χ2v) is 3.69. The van der Waals surface area contributed by atoms with Gasteiger partial charge in [-0.3, -0.25) is 0 Å². The molecule has 0 aromatic heterocycles. The molecule has 2 fully saturated rings. The van der Waals surface area contributed by atoms with Crippen molar-refractivity contribution in [3.8, 4) is 0 Å². The largest absolute Gasteiger partial charge is 0.385 e. The highest BCUT2D eigenvalue weighted by molar-refractivity contribution is 5.02. The Labute approximate surface area is 68.1 Å². The van der Waals surface area contributed by atoms with E-state index in [-0.39, 0.29) is 0 Å². The molecule has 1 heterocycles. The lowest BCUT2D eigenvalue weighted by molar-refractivity contribution is 0.347. The Hall–Kier alpha value is -0.500. The van der Waals surface area contributed by atoms with E-state index in [2.05, 4.69) is 17.2 Å². The van der Waals surface area contributed by atoms with Crippen LogP contribution in [0, 0.1) is 0 Å². The molecule has 2 rings (SSSR count). The Balaban J connectivity index is 2.04. The van der Waals surface area contributed by atoms with Crippen molar-refractivity contribution >= 4 is 0 Å². The molecule has 11 heavy (non-hydrogen) atoms. The summed E-state index contributed by atoms with van der Waals surface area (Å²) >= 11 is 0. The van der Waals surface area contributed by atoms with E-state index in [0.29, 0.717) is 6.04 Å². The van der Waals surface area contributed by atoms with E-state index in [1.807, 2.05) is 0 Å². The second kappa shape index (κ2) is 2.86. The molecule has 1 aliphatic carbocycles. The normalized spacial score (nSPS) is 37.6. The van der Waals surface area contributed by atoms with Crippen LogP contribution in [-0.2, 0) is 0 Å². The SMILES string of the molecule is C=C1CNC2CCCC(C2)N1. The summed E-state index contributed by atoms with van der Waals surface area (Å²) in [5.74, 6) is 0. The molecule has 0 amide bonds. The van der Waals surface area contributed by atoms with E-state index in [0.717, 1.165) is 12.6 Å². The first-order chi connectivity index (χ1) is 5.34. The molecule has 1 saturated heterocycles. The Morgan fingerprint density at radius 1 is 1.27 bits per heavy atom. The molecule has 0 spiro atoms. The van der Waals surface area contributed by atoms with Crippen molar-refractivity contribution < 1.29 is 0 Å². The van der Waals surface area contributed by atoms with Crippen LogP contribution in [0.2, 0.25) is 0 Å². The van der Waals surface area contributed by atoms with Gasteiger partial charge in [0, 0.05) is 24.3 Å². The van der Waals surface area contributed by atoms with Crippen LogP contribution >= 0.6 is 0 Å². The third-order valence-corrected chi connectivity index (χ3v) is 2.69. The molecule has 2 bridgehead atoms. The second-order valence-electron chi connectivity index (χ2n) is 3.69. The van der Waals surface area contributed by atoms with Crippen LogP contribution in [0.3, 0.4) is 0 Å². The van der Waals surface area contributed by atoms with Crippen LogP contribution in [0.1, 0.15) is 25.7 Å². The molecule has 1 aliphatic heterocycles. The van der Waals surface area contributed by atoms with Crippen molar-refractivity contribution in [1.82, 2.24) is 10.6 Å². The van der Waals surface area contributed by atoms with Crippen LogP contribution < -0.4 is 10.6 Å². The molecule has 2 heteroatoms. The summed E-state index contributed by atoms with van der Waals surface area (Å²) in [6, 6.07) is 1.46. The molecule has 2 nitrogen and oxygen atoms in total. The fourth-order valence-electron chi connectivity index (χ4n) is 2.11. The quantitative estimate of drug-likeness (QED) is 0.541. The number of hydrogen-bond donors (Lipinski definition) is 2. The van der Waals surface area contributed by atoms with E-state index in [9.17, 15) is 0 Å². The van der Waals surface area contributed by atoms with E-state index in [1.165, 1.54) is 31.4 Å². The molecular weight excluding hydrogens is 136 g/mol. The molecule has 2 N–H and O–H groups in total. The minimum atomic E-state index is 0.705. The summed E-state index contributed by atoms with van der Waals surface area (Å²) in [5, 5.41) is 6.95. The maximum Gasteiger partial charge on any atom is 0.0350 e. The van der Waals surface area contributed by atoms with Crippen LogP contribution in [0.25, 0.3) is 0 Å². The Bertz CT molecular complexity index is 165. The maximum absolute atomic E-state index is 3.96. The predicted octanol–water partition coefficient (Wildman–Crippen LogP) is 1.00. The smallest absolute Gasteiger partial charge is 0.0350 e. The summed E-state index contributed by atoms with van der Waals surface area (Å²) in [5.41, 5.74) is 1.17. The zero-order valence-electron chi connectivity index (χ0n) is 6.90. The van der Waals surface area contributed by atoms with Gasteiger partial charge in [0.15, 0.2) is 0 Å².